The second-order valence-corrected chi connectivity index (χ2v) is 8.36. The van der Waals surface area contributed by atoms with Gasteiger partial charge in [0.15, 0.2) is 17.5 Å². The zero-order chi connectivity index (χ0) is 21.9. The first-order chi connectivity index (χ1) is 15.2. The van der Waals surface area contributed by atoms with Crippen molar-refractivity contribution in [2.45, 2.75) is 44.8 Å². The van der Waals surface area contributed by atoms with Gasteiger partial charge in [0, 0.05) is 32.2 Å². The Labute approximate surface area is 188 Å². The van der Waals surface area contributed by atoms with Crippen LogP contribution in [0.3, 0.4) is 0 Å². The van der Waals surface area contributed by atoms with Gasteiger partial charge in [-0.25, -0.2) is 0 Å². The number of ether oxygens (including phenoxy) is 2. The summed E-state index contributed by atoms with van der Waals surface area (Å²) in [5.41, 5.74) is 1.04. The molecule has 3 rings (SSSR count). The maximum atomic E-state index is 11.9. The molecular weight excluding hydrogens is 412 g/mol. The summed E-state index contributed by atoms with van der Waals surface area (Å²) in [5, 5.41) is 11.5. The van der Waals surface area contributed by atoms with Gasteiger partial charge in [0.1, 0.15) is 0 Å². The zero-order valence-corrected chi connectivity index (χ0v) is 19.1. The minimum atomic E-state index is -0.0228. The van der Waals surface area contributed by atoms with Crippen LogP contribution in [-0.2, 0) is 6.54 Å². The third-order valence-electron chi connectivity index (χ3n) is 5.21. The minimum Gasteiger partial charge on any atom is -0.493 e. The normalized spacial score (nSPS) is 14.3. The van der Waals surface area contributed by atoms with E-state index >= 15 is 0 Å². The fraction of sp³-hybridized carbons (Fsp3) is 0.478. The van der Waals surface area contributed by atoms with E-state index in [2.05, 4.69) is 20.9 Å². The number of carbonyl (C=O) groups is 1. The van der Waals surface area contributed by atoms with E-state index in [1.54, 1.807) is 14.2 Å². The van der Waals surface area contributed by atoms with Gasteiger partial charge in [-0.05, 0) is 49.6 Å². The highest BCUT2D eigenvalue weighted by molar-refractivity contribution is 7.12. The van der Waals surface area contributed by atoms with E-state index in [4.69, 9.17) is 9.47 Å². The van der Waals surface area contributed by atoms with E-state index in [9.17, 15) is 4.79 Å². The Kier molecular flexibility index (Phi) is 9.02. The maximum absolute atomic E-state index is 11.9. The van der Waals surface area contributed by atoms with Crippen LogP contribution in [0.5, 0.6) is 11.5 Å². The molecule has 0 saturated heterocycles. The van der Waals surface area contributed by atoms with Gasteiger partial charge in [0.25, 0.3) is 5.91 Å². The van der Waals surface area contributed by atoms with Crippen molar-refractivity contribution in [2.24, 2.45) is 4.99 Å². The molecule has 0 aliphatic heterocycles. The summed E-state index contributed by atoms with van der Waals surface area (Å²) in [4.78, 5) is 17.0. The first-order valence-electron chi connectivity index (χ1n) is 10.8. The van der Waals surface area contributed by atoms with Crippen LogP contribution in [0.2, 0.25) is 0 Å². The molecule has 31 heavy (non-hydrogen) atoms. The van der Waals surface area contributed by atoms with Gasteiger partial charge < -0.3 is 25.4 Å². The number of amides is 1. The van der Waals surface area contributed by atoms with E-state index in [0.717, 1.165) is 41.2 Å². The standard InChI is InChI=1S/C23H32N4O3S/c1-24-23(26-14-7-13-25-22(28)20-12-6-15-31-20)27-16-17-8-5-11-19(29-2)21(17)30-18-9-3-4-10-18/h5-6,8,11-12,15,18H,3-4,7,9-10,13-14,16H2,1-2H3,(H,25,28)(H2,24,26,27). The molecule has 2 aromatic rings. The van der Waals surface area contributed by atoms with Crippen LogP contribution in [0.25, 0.3) is 0 Å². The van der Waals surface area contributed by atoms with Crippen LogP contribution in [0.1, 0.15) is 47.3 Å². The summed E-state index contributed by atoms with van der Waals surface area (Å²) in [6.45, 7) is 1.89. The second-order valence-electron chi connectivity index (χ2n) is 7.41. The molecule has 8 heteroatoms. The third-order valence-corrected chi connectivity index (χ3v) is 6.08. The third kappa shape index (κ3) is 6.89. The summed E-state index contributed by atoms with van der Waals surface area (Å²) in [5.74, 6) is 2.26. The highest BCUT2D eigenvalue weighted by Gasteiger charge is 2.20. The number of para-hydroxylation sites is 1. The van der Waals surface area contributed by atoms with Crippen LogP contribution < -0.4 is 25.4 Å². The van der Waals surface area contributed by atoms with E-state index in [0.29, 0.717) is 25.6 Å². The molecule has 1 aromatic carbocycles. The van der Waals surface area contributed by atoms with Gasteiger partial charge >= 0.3 is 0 Å². The van der Waals surface area contributed by atoms with Gasteiger partial charge in [-0.2, -0.15) is 0 Å². The van der Waals surface area contributed by atoms with E-state index in [1.807, 2.05) is 35.7 Å². The molecule has 0 atom stereocenters. The summed E-state index contributed by atoms with van der Waals surface area (Å²) in [7, 11) is 3.42. The largest absolute Gasteiger partial charge is 0.493 e. The monoisotopic (exact) mass is 444 g/mol. The van der Waals surface area contributed by atoms with Gasteiger partial charge in [0.05, 0.1) is 18.1 Å². The van der Waals surface area contributed by atoms with Crippen molar-refractivity contribution in [3.8, 4) is 11.5 Å². The highest BCUT2D eigenvalue weighted by Crippen LogP contribution is 2.34. The summed E-state index contributed by atoms with van der Waals surface area (Å²) in [6, 6.07) is 9.67. The lowest BCUT2D eigenvalue weighted by molar-refractivity contribution is 0.0957. The molecule has 0 radical (unpaired) electrons. The topological polar surface area (TPSA) is 84.0 Å². The molecular formula is C23H32N4O3S. The number of guanidine groups is 1. The van der Waals surface area contributed by atoms with Gasteiger partial charge in [-0.1, -0.05) is 18.2 Å². The number of rotatable bonds is 10. The van der Waals surface area contributed by atoms with Crippen molar-refractivity contribution in [3.63, 3.8) is 0 Å². The molecule has 1 aromatic heterocycles. The van der Waals surface area contributed by atoms with Crippen LogP contribution in [0.15, 0.2) is 40.7 Å². The average molecular weight is 445 g/mol. The Morgan fingerprint density at radius 2 is 1.94 bits per heavy atom. The molecule has 1 amide bonds. The SMILES string of the molecule is CN=C(NCCCNC(=O)c1cccs1)NCc1cccc(OC)c1OC1CCCC1. The molecule has 1 saturated carbocycles. The zero-order valence-electron chi connectivity index (χ0n) is 18.3. The Bertz CT molecular complexity index is 849. The van der Waals surface area contributed by atoms with Crippen LogP contribution in [0, 0.1) is 0 Å². The van der Waals surface area contributed by atoms with Gasteiger partial charge in [0.2, 0.25) is 0 Å². The molecule has 168 valence electrons. The number of methoxy groups -OCH3 is 1. The number of benzene rings is 1. The molecule has 1 fully saturated rings. The molecule has 0 spiro atoms. The first kappa shape index (κ1) is 22.9. The molecule has 7 nitrogen and oxygen atoms in total. The van der Waals surface area contributed by atoms with E-state index < -0.39 is 0 Å². The predicted octanol–water partition coefficient (Wildman–Crippen LogP) is 3.56. The number of hydrogen-bond donors (Lipinski definition) is 3. The predicted molar refractivity (Wildman–Crippen MR) is 125 cm³/mol. The quantitative estimate of drug-likeness (QED) is 0.296. The molecule has 1 aliphatic rings. The first-order valence-corrected chi connectivity index (χ1v) is 11.7. The van der Waals surface area contributed by atoms with Crippen molar-refractivity contribution < 1.29 is 14.3 Å². The average Bonchev–Trinajstić information content (AvgIpc) is 3.50. The highest BCUT2D eigenvalue weighted by atomic mass is 32.1. The maximum Gasteiger partial charge on any atom is 0.261 e. The van der Waals surface area contributed by atoms with Crippen LogP contribution >= 0.6 is 11.3 Å². The molecule has 0 bridgehead atoms. The molecule has 1 aliphatic carbocycles. The van der Waals surface area contributed by atoms with Crippen molar-refractivity contribution in [1.29, 1.82) is 0 Å². The van der Waals surface area contributed by atoms with E-state index in [1.165, 1.54) is 24.2 Å². The van der Waals surface area contributed by atoms with Crippen LogP contribution in [-0.4, -0.2) is 45.2 Å². The summed E-state index contributed by atoms with van der Waals surface area (Å²) >= 11 is 1.45. The summed E-state index contributed by atoms with van der Waals surface area (Å²) < 4.78 is 11.8. The Balaban J connectivity index is 1.45. The lowest BCUT2D eigenvalue weighted by Gasteiger charge is -2.20. The van der Waals surface area contributed by atoms with E-state index in [-0.39, 0.29) is 12.0 Å². The number of hydrogen-bond acceptors (Lipinski definition) is 5. The van der Waals surface area contributed by atoms with Crippen LogP contribution in [0.4, 0.5) is 0 Å². The van der Waals surface area contributed by atoms with Crippen molar-refractivity contribution in [2.75, 3.05) is 27.2 Å². The summed E-state index contributed by atoms with van der Waals surface area (Å²) in [6.07, 6.45) is 5.69. The molecule has 0 unspecified atom stereocenters. The number of aliphatic imine (C=N–C) groups is 1. The number of carbonyl (C=O) groups excluding carboxylic acids is 1. The Hall–Kier alpha value is -2.74. The minimum absolute atomic E-state index is 0.0228. The smallest absolute Gasteiger partial charge is 0.261 e. The van der Waals surface area contributed by atoms with Gasteiger partial charge in [-0.15, -0.1) is 11.3 Å². The number of nitrogens with one attached hydrogen (secondary N) is 3. The fourth-order valence-electron chi connectivity index (χ4n) is 3.56. The molecule has 1 heterocycles. The van der Waals surface area contributed by atoms with Crippen molar-refractivity contribution >= 4 is 23.2 Å². The van der Waals surface area contributed by atoms with Gasteiger partial charge in [-0.3, -0.25) is 9.79 Å². The van der Waals surface area contributed by atoms with Crippen molar-refractivity contribution in [1.82, 2.24) is 16.0 Å². The lowest BCUT2D eigenvalue weighted by Crippen LogP contribution is -2.38. The number of nitrogens with zero attached hydrogens (tertiary/aromatic N) is 1. The number of thiophene rings is 1. The Morgan fingerprint density at radius 3 is 2.65 bits per heavy atom. The molecule has 3 N–H and O–H groups in total. The fourth-order valence-corrected chi connectivity index (χ4v) is 4.20. The lowest BCUT2D eigenvalue weighted by atomic mass is 10.1. The van der Waals surface area contributed by atoms with Crippen molar-refractivity contribution in [3.05, 3.63) is 46.2 Å². The second kappa shape index (κ2) is 12.2. The Morgan fingerprint density at radius 1 is 1.13 bits per heavy atom.